The van der Waals surface area contributed by atoms with Gasteiger partial charge in [-0.05, 0) is 32.4 Å². The maximum absolute atomic E-state index is 11.4. The van der Waals surface area contributed by atoms with Crippen LogP contribution in [0.15, 0.2) is 46.0 Å². The molecule has 3 N–H and O–H groups in total. The number of hydrogen-bond donors (Lipinski definition) is 3. The smallest absolute Gasteiger partial charge is 0.226 e. The zero-order chi connectivity index (χ0) is 19.5. The molecule has 2 rings (SSSR count). The first-order chi connectivity index (χ1) is 13.0. The summed E-state index contributed by atoms with van der Waals surface area (Å²) in [7, 11) is -3.14. The van der Waals surface area contributed by atoms with Gasteiger partial charge in [0.05, 0.1) is 12.3 Å². The fourth-order valence-corrected chi connectivity index (χ4v) is 2.88. The zero-order valence-electron chi connectivity index (χ0n) is 16.1. The van der Waals surface area contributed by atoms with Crippen LogP contribution in [0.1, 0.15) is 26.0 Å². The van der Waals surface area contributed by atoms with Gasteiger partial charge in [-0.15, -0.1) is 24.0 Å². The highest BCUT2D eigenvalue weighted by Gasteiger charge is 2.07. The lowest BCUT2D eigenvalue weighted by atomic mass is 10.2. The van der Waals surface area contributed by atoms with E-state index in [4.69, 9.17) is 4.42 Å². The summed E-state index contributed by atoms with van der Waals surface area (Å²) in [6.45, 7) is 5.70. The molecule has 0 aliphatic carbocycles. The predicted octanol–water partition coefficient (Wildman–Crippen LogP) is 2.34. The molecule has 0 unspecified atom stereocenters. The molecule has 8 nitrogen and oxygen atoms in total. The van der Waals surface area contributed by atoms with E-state index in [0.717, 1.165) is 17.8 Å². The zero-order valence-corrected chi connectivity index (χ0v) is 19.3. The van der Waals surface area contributed by atoms with Crippen molar-refractivity contribution < 1.29 is 12.8 Å². The Bertz CT molecular complexity index is 825. The average Bonchev–Trinajstić information content (AvgIpc) is 3.15. The Hall–Kier alpha value is -1.66. The number of aliphatic imine (C=N–C) groups is 1. The number of hydrogen-bond acceptors (Lipinski definition) is 5. The summed E-state index contributed by atoms with van der Waals surface area (Å²) >= 11 is 0. The standard InChI is InChI=1S/C18H27N5O3S.HI/c1-3-19-18(20-11-8-12-22-27(24,25)4-2)21-13-16-14-26-17(23-16)15-9-6-5-7-10-15;/h5-7,9-10,14,22H,3-4,8,11-13H2,1-2H3,(H2,19,20,21);1H. The molecular weight excluding hydrogens is 493 g/mol. The maximum Gasteiger partial charge on any atom is 0.226 e. The van der Waals surface area contributed by atoms with Gasteiger partial charge in [0.1, 0.15) is 12.0 Å². The van der Waals surface area contributed by atoms with Crippen LogP contribution in [0.25, 0.3) is 11.5 Å². The van der Waals surface area contributed by atoms with E-state index in [2.05, 4.69) is 25.3 Å². The van der Waals surface area contributed by atoms with Crippen molar-refractivity contribution in [2.24, 2.45) is 4.99 Å². The summed E-state index contributed by atoms with van der Waals surface area (Å²) in [6, 6.07) is 9.70. The third-order valence-electron chi connectivity index (χ3n) is 3.66. The second kappa shape index (κ2) is 12.7. The number of rotatable bonds is 10. The minimum atomic E-state index is -3.14. The molecule has 0 radical (unpaired) electrons. The summed E-state index contributed by atoms with van der Waals surface area (Å²) in [5, 5.41) is 6.33. The molecule has 0 saturated carbocycles. The van der Waals surface area contributed by atoms with Gasteiger partial charge >= 0.3 is 0 Å². The Morgan fingerprint density at radius 2 is 1.89 bits per heavy atom. The number of nitrogens with one attached hydrogen (secondary N) is 3. The summed E-state index contributed by atoms with van der Waals surface area (Å²) in [5.41, 5.74) is 1.66. The van der Waals surface area contributed by atoms with E-state index in [1.54, 1.807) is 13.2 Å². The number of benzene rings is 1. The van der Waals surface area contributed by atoms with Crippen molar-refractivity contribution in [2.75, 3.05) is 25.4 Å². The van der Waals surface area contributed by atoms with Crippen molar-refractivity contribution in [3.63, 3.8) is 0 Å². The molecule has 0 fully saturated rings. The van der Waals surface area contributed by atoms with Crippen LogP contribution in [0.3, 0.4) is 0 Å². The number of guanidine groups is 1. The normalized spacial score (nSPS) is 11.7. The fourth-order valence-electron chi connectivity index (χ4n) is 2.22. The molecule has 0 aliphatic heterocycles. The molecule has 0 spiro atoms. The Kier molecular flexibility index (Phi) is 11.1. The van der Waals surface area contributed by atoms with Gasteiger partial charge in [-0.1, -0.05) is 18.2 Å². The third kappa shape index (κ3) is 8.57. The van der Waals surface area contributed by atoms with Gasteiger partial charge in [0, 0.05) is 25.2 Å². The molecule has 0 amide bonds. The number of nitrogens with zero attached hydrogens (tertiary/aromatic N) is 2. The van der Waals surface area contributed by atoms with Gasteiger partial charge in [0.25, 0.3) is 0 Å². The predicted molar refractivity (Wildman–Crippen MR) is 122 cm³/mol. The van der Waals surface area contributed by atoms with Gasteiger partial charge in [-0.25, -0.2) is 23.1 Å². The molecule has 1 aromatic carbocycles. The van der Waals surface area contributed by atoms with Crippen LogP contribution in [0.5, 0.6) is 0 Å². The SMILES string of the molecule is CCNC(=NCc1coc(-c2ccccc2)n1)NCCCNS(=O)(=O)CC.I. The molecule has 0 atom stereocenters. The van der Waals surface area contributed by atoms with Crippen LogP contribution in [0, 0.1) is 0 Å². The molecule has 10 heteroatoms. The van der Waals surface area contributed by atoms with Crippen LogP contribution in [-0.4, -0.2) is 44.7 Å². The van der Waals surface area contributed by atoms with E-state index in [1.165, 1.54) is 0 Å². The summed E-state index contributed by atoms with van der Waals surface area (Å²) in [6.07, 6.45) is 2.26. The van der Waals surface area contributed by atoms with Gasteiger partial charge in [0.2, 0.25) is 15.9 Å². The molecule has 0 saturated heterocycles. The Morgan fingerprint density at radius 1 is 1.14 bits per heavy atom. The average molecular weight is 521 g/mol. The van der Waals surface area contributed by atoms with Crippen LogP contribution < -0.4 is 15.4 Å². The number of aromatic nitrogens is 1. The van der Waals surface area contributed by atoms with Gasteiger partial charge < -0.3 is 15.1 Å². The number of halogens is 1. The summed E-state index contributed by atoms with van der Waals surface area (Å²) in [4.78, 5) is 8.94. The van der Waals surface area contributed by atoms with Crippen molar-refractivity contribution in [3.8, 4) is 11.5 Å². The van der Waals surface area contributed by atoms with Gasteiger partial charge in [-0.3, -0.25) is 0 Å². The topological polar surface area (TPSA) is 109 Å². The van der Waals surface area contributed by atoms with Crippen LogP contribution in [0.2, 0.25) is 0 Å². The first-order valence-electron chi connectivity index (χ1n) is 9.03. The molecular formula is C18H28IN5O3S. The van der Waals surface area contributed by atoms with Crippen molar-refractivity contribution in [1.29, 1.82) is 0 Å². The van der Waals surface area contributed by atoms with E-state index < -0.39 is 10.0 Å². The van der Waals surface area contributed by atoms with E-state index in [9.17, 15) is 8.42 Å². The third-order valence-corrected chi connectivity index (χ3v) is 5.07. The monoisotopic (exact) mass is 521 g/mol. The minimum Gasteiger partial charge on any atom is -0.444 e. The molecule has 1 heterocycles. The highest BCUT2D eigenvalue weighted by atomic mass is 127. The van der Waals surface area contributed by atoms with Crippen molar-refractivity contribution in [3.05, 3.63) is 42.3 Å². The number of oxazole rings is 1. The van der Waals surface area contributed by atoms with Crippen LogP contribution in [-0.2, 0) is 16.6 Å². The lowest BCUT2D eigenvalue weighted by Gasteiger charge is -2.11. The van der Waals surface area contributed by atoms with E-state index in [0.29, 0.717) is 37.9 Å². The quantitative estimate of drug-likeness (QED) is 0.192. The van der Waals surface area contributed by atoms with Crippen LogP contribution in [0.4, 0.5) is 0 Å². The maximum atomic E-state index is 11.4. The van der Waals surface area contributed by atoms with Crippen molar-refractivity contribution in [1.82, 2.24) is 20.3 Å². The molecule has 0 aliphatic rings. The van der Waals surface area contributed by atoms with Crippen molar-refractivity contribution >= 4 is 40.0 Å². The highest BCUT2D eigenvalue weighted by Crippen LogP contribution is 2.18. The van der Waals surface area contributed by atoms with Crippen molar-refractivity contribution in [2.45, 2.75) is 26.8 Å². The van der Waals surface area contributed by atoms with Gasteiger partial charge in [-0.2, -0.15) is 0 Å². The summed E-state index contributed by atoms with van der Waals surface area (Å²) in [5.74, 6) is 1.31. The molecule has 2 aromatic rings. The summed E-state index contributed by atoms with van der Waals surface area (Å²) < 4.78 is 30.8. The highest BCUT2D eigenvalue weighted by molar-refractivity contribution is 14.0. The second-order valence-electron chi connectivity index (χ2n) is 5.78. The largest absolute Gasteiger partial charge is 0.444 e. The first kappa shape index (κ1) is 24.4. The minimum absolute atomic E-state index is 0. The first-order valence-corrected chi connectivity index (χ1v) is 10.7. The van der Waals surface area contributed by atoms with E-state index >= 15 is 0 Å². The molecule has 156 valence electrons. The Morgan fingerprint density at radius 3 is 2.57 bits per heavy atom. The van der Waals surface area contributed by atoms with Gasteiger partial charge in [0.15, 0.2) is 5.96 Å². The fraction of sp³-hybridized carbons (Fsp3) is 0.444. The van der Waals surface area contributed by atoms with Crippen LogP contribution >= 0.6 is 24.0 Å². The Labute approximate surface area is 183 Å². The molecule has 0 bridgehead atoms. The van der Waals surface area contributed by atoms with E-state index in [-0.39, 0.29) is 29.7 Å². The van der Waals surface area contributed by atoms with E-state index in [1.807, 2.05) is 37.3 Å². The number of sulfonamides is 1. The lowest BCUT2D eigenvalue weighted by molar-refractivity contribution is 0.572. The Balaban J connectivity index is 0.00000392. The second-order valence-corrected chi connectivity index (χ2v) is 7.88. The lowest BCUT2D eigenvalue weighted by Crippen LogP contribution is -2.38. The molecule has 1 aromatic heterocycles. The molecule has 28 heavy (non-hydrogen) atoms.